The average molecular weight is 301 g/mol. The molecule has 0 aromatic heterocycles. The Kier molecular flexibility index (Phi) is 5.37. The lowest BCUT2D eigenvalue weighted by Gasteiger charge is -2.27. The van der Waals surface area contributed by atoms with Crippen molar-refractivity contribution in [2.75, 3.05) is 31.1 Å². The number of likely N-dealkylation sites (N-methyl/N-ethyl adjacent to an activating group) is 1. The van der Waals surface area contributed by atoms with Crippen LogP contribution in [0.25, 0.3) is 0 Å². The van der Waals surface area contributed by atoms with Gasteiger partial charge in [-0.3, -0.25) is 4.90 Å². The Morgan fingerprint density at radius 2 is 2.05 bits per heavy atom. The molecule has 0 aliphatic carbocycles. The van der Waals surface area contributed by atoms with Crippen molar-refractivity contribution < 1.29 is 0 Å². The second-order valence-electron chi connectivity index (χ2n) is 4.98. The van der Waals surface area contributed by atoms with Gasteiger partial charge in [0.1, 0.15) is 0 Å². The summed E-state index contributed by atoms with van der Waals surface area (Å²) in [6.07, 6.45) is 1.22. The number of hydrogen-bond donors (Lipinski definition) is 0. The van der Waals surface area contributed by atoms with Gasteiger partial charge >= 0.3 is 0 Å². The molecule has 2 nitrogen and oxygen atoms in total. The van der Waals surface area contributed by atoms with Gasteiger partial charge in [0.25, 0.3) is 0 Å². The molecule has 19 heavy (non-hydrogen) atoms. The molecule has 1 heterocycles. The van der Waals surface area contributed by atoms with Crippen molar-refractivity contribution >= 4 is 28.9 Å². The number of benzene rings is 1. The van der Waals surface area contributed by atoms with E-state index >= 15 is 0 Å². The van der Waals surface area contributed by atoms with Crippen LogP contribution in [0.4, 0.5) is 5.69 Å². The highest BCUT2D eigenvalue weighted by atomic mass is 35.5. The molecular formula is C15H22Cl2N2. The predicted molar refractivity (Wildman–Crippen MR) is 84.5 cm³/mol. The average Bonchev–Trinajstić information content (AvgIpc) is 2.89. The summed E-state index contributed by atoms with van der Waals surface area (Å²) in [4.78, 5) is 4.96. The molecule has 1 fully saturated rings. The van der Waals surface area contributed by atoms with E-state index in [9.17, 15) is 0 Å². The van der Waals surface area contributed by atoms with Crippen LogP contribution in [-0.4, -0.2) is 37.1 Å². The lowest BCUT2D eigenvalue weighted by Crippen LogP contribution is -2.37. The molecule has 0 spiro atoms. The minimum absolute atomic E-state index is 0.474. The summed E-state index contributed by atoms with van der Waals surface area (Å²) in [5.74, 6) is 0.474. The summed E-state index contributed by atoms with van der Waals surface area (Å²) in [6, 6.07) is 6.71. The maximum absolute atomic E-state index is 6.24. The molecule has 2 rings (SSSR count). The number of hydrogen-bond acceptors (Lipinski definition) is 2. The van der Waals surface area contributed by atoms with E-state index in [-0.39, 0.29) is 0 Å². The van der Waals surface area contributed by atoms with Gasteiger partial charge in [-0.25, -0.2) is 0 Å². The fourth-order valence-corrected chi connectivity index (χ4v) is 3.56. The van der Waals surface area contributed by atoms with Crippen LogP contribution in [-0.2, 0) is 5.88 Å². The van der Waals surface area contributed by atoms with Gasteiger partial charge in [0.2, 0.25) is 0 Å². The fraction of sp³-hybridized carbons (Fsp3) is 0.600. The maximum atomic E-state index is 6.24. The van der Waals surface area contributed by atoms with E-state index < -0.39 is 0 Å². The second-order valence-corrected chi connectivity index (χ2v) is 5.66. The molecule has 1 saturated heterocycles. The predicted octanol–water partition coefficient (Wildman–Crippen LogP) is 4.00. The van der Waals surface area contributed by atoms with Crippen molar-refractivity contribution in [2.24, 2.45) is 0 Å². The Morgan fingerprint density at radius 1 is 1.32 bits per heavy atom. The van der Waals surface area contributed by atoms with Gasteiger partial charge in [0.15, 0.2) is 0 Å². The lowest BCUT2D eigenvalue weighted by molar-refractivity contribution is 0.232. The maximum Gasteiger partial charge on any atom is 0.0509 e. The van der Waals surface area contributed by atoms with Crippen LogP contribution in [0.1, 0.15) is 25.8 Å². The third kappa shape index (κ3) is 3.18. The molecule has 1 atom stereocenters. The minimum Gasteiger partial charge on any atom is -0.370 e. The number of anilines is 1. The molecule has 0 bridgehead atoms. The van der Waals surface area contributed by atoms with Crippen LogP contribution in [0.15, 0.2) is 18.2 Å². The molecule has 1 aliphatic heterocycles. The van der Waals surface area contributed by atoms with Crippen LogP contribution in [0, 0.1) is 0 Å². The Labute approximate surface area is 126 Å². The van der Waals surface area contributed by atoms with Crippen LogP contribution in [0.3, 0.4) is 0 Å². The molecule has 106 valence electrons. The van der Waals surface area contributed by atoms with Gasteiger partial charge in [0.05, 0.1) is 5.88 Å². The van der Waals surface area contributed by atoms with Gasteiger partial charge < -0.3 is 4.90 Å². The van der Waals surface area contributed by atoms with Crippen molar-refractivity contribution in [2.45, 2.75) is 32.2 Å². The van der Waals surface area contributed by atoms with E-state index in [1.807, 2.05) is 12.1 Å². The topological polar surface area (TPSA) is 6.48 Å². The highest BCUT2D eigenvalue weighted by Gasteiger charge is 2.27. The summed E-state index contributed by atoms with van der Waals surface area (Å²) in [5.41, 5.74) is 2.27. The Balaban J connectivity index is 2.15. The number of alkyl halides is 1. The first-order chi connectivity index (χ1) is 9.21. The van der Waals surface area contributed by atoms with Crippen LogP contribution in [0.2, 0.25) is 5.02 Å². The molecule has 1 aromatic carbocycles. The Morgan fingerprint density at radius 3 is 2.68 bits per heavy atom. The van der Waals surface area contributed by atoms with Crippen molar-refractivity contribution in [1.82, 2.24) is 4.90 Å². The van der Waals surface area contributed by atoms with Crippen LogP contribution in [0.5, 0.6) is 0 Å². The fourth-order valence-electron chi connectivity index (χ4n) is 2.97. The highest BCUT2D eigenvalue weighted by Crippen LogP contribution is 2.32. The van der Waals surface area contributed by atoms with Crippen molar-refractivity contribution in [3.8, 4) is 0 Å². The van der Waals surface area contributed by atoms with Crippen LogP contribution < -0.4 is 4.90 Å². The van der Waals surface area contributed by atoms with Gasteiger partial charge in [0, 0.05) is 35.4 Å². The second kappa shape index (κ2) is 6.83. The zero-order valence-electron chi connectivity index (χ0n) is 11.7. The zero-order chi connectivity index (χ0) is 13.8. The van der Waals surface area contributed by atoms with Crippen LogP contribution >= 0.6 is 23.2 Å². The van der Waals surface area contributed by atoms with E-state index in [4.69, 9.17) is 23.2 Å². The smallest absolute Gasteiger partial charge is 0.0509 e. The van der Waals surface area contributed by atoms with Crippen molar-refractivity contribution in [3.63, 3.8) is 0 Å². The van der Waals surface area contributed by atoms with Crippen molar-refractivity contribution in [3.05, 3.63) is 28.8 Å². The summed E-state index contributed by atoms with van der Waals surface area (Å²) in [5, 5.41) is 0.777. The van der Waals surface area contributed by atoms with Crippen molar-refractivity contribution in [1.29, 1.82) is 0 Å². The van der Waals surface area contributed by atoms with Gasteiger partial charge in [-0.2, -0.15) is 0 Å². The lowest BCUT2D eigenvalue weighted by atomic mass is 10.2. The standard InChI is InChI=1S/C15H22Cl2N2/c1-3-18(4-2)12-8-9-19(11-12)15-7-5-6-14(17)13(15)10-16/h5-7,12H,3-4,8-11H2,1-2H3. The molecule has 1 unspecified atom stereocenters. The molecule has 0 radical (unpaired) electrons. The third-order valence-corrected chi connectivity index (χ3v) is 4.68. The van der Waals surface area contributed by atoms with E-state index in [2.05, 4.69) is 29.7 Å². The number of nitrogens with zero attached hydrogens (tertiary/aromatic N) is 2. The Bertz CT molecular complexity index is 419. The number of halogens is 2. The molecule has 1 aromatic rings. The molecule has 0 saturated carbocycles. The van der Waals surface area contributed by atoms with E-state index in [0.29, 0.717) is 11.9 Å². The first kappa shape index (κ1) is 15.0. The molecule has 1 aliphatic rings. The molecule has 0 N–H and O–H groups in total. The monoisotopic (exact) mass is 300 g/mol. The van der Waals surface area contributed by atoms with Gasteiger partial charge in [-0.05, 0) is 31.6 Å². The Hall–Kier alpha value is -0.440. The summed E-state index contributed by atoms with van der Waals surface area (Å²) in [7, 11) is 0. The van der Waals surface area contributed by atoms with E-state index in [0.717, 1.165) is 36.8 Å². The summed E-state index contributed by atoms with van der Waals surface area (Å²) < 4.78 is 0. The minimum atomic E-state index is 0.474. The summed E-state index contributed by atoms with van der Waals surface area (Å²) in [6.45, 7) is 8.86. The largest absolute Gasteiger partial charge is 0.370 e. The van der Waals surface area contributed by atoms with Gasteiger partial charge in [-0.1, -0.05) is 31.5 Å². The van der Waals surface area contributed by atoms with E-state index in [1.165, 1.54) is 12.1 Å². The molecular weight excluding hydrogens is 279 g/mol. The quantitative estimate of drug-likeness (QED) is 0.759. The van der Waals surface area contributed by atoms with Gasteiger partial charge in [-0.15, -0.1) is 11.6 Å². The number of rotatable bonds is 5. The zero-order valence-corrected chi connectivity index (χ0v) is 13.2. The highest BCUT2D eigenvalue weighted by molar-refractivity contribution is 6.32. The molecule has 0 amide bonds. The summed E-state index contributed by atoms with van der Waals surface area (Å²) >= 11 is 12.3. The SMILES string of the molecule is CCN(CC)C1CCN(c2cccc(Cl)c2CCl)C1. The third-order valence-electron chi connectivity index (χ3n) is 4.06. The first-order valence-electron chi connectivity index (χ1n) is 7.03. The first-order valence-corrected chi connectivity index (χ1v) is 7.94. The molecule has 4 heteroatoms. The normalized spacial score (nSPS) is 19.4. The van der Waals surface area contributed by atoms with E-state index in [1.54, 1.807) is 0 Å².